The molecule has 1 aliphatic heterocycles. The highest BCUT2D eigenvalue weighted by Gasteiger charge is 2.30. The van der Waals surface area contributed by atoms with Crippen molar-refractivity contribution in [2.45, 2.75) is 25.2 Å². The van der Waals surface area contributed by atoms with Gasteiger partial charge in [0, 0.05) is 31.1 Å². The molecular weight excluding hydrogens is 466 g/mol. The molecule has 1 amide bonds. The smallest absolute Gasteiger partial charge is 0.341 e. The third-order valence-electron chi connectivity index (χ3n) is 5.60. The molecule has 1 saturated heterocycles. The molecule has 0 spiro atoms. The van der Waals surface area contributed by atoms with E-state index in [1.807, 2.05) is 18.7 Å². The second-order valence-corrected chi connectivity index (χ2v) is 10.8. The highest BCUT2D eigenvalue weighted by atomic mass is 32.2. The zero-order valence-corrected chi connectivity index (χ0v) is 20.8. The van der Waals surface area contributed by atoms with Crippen molar-refractivity contribution in [2.75, 3.05) is 52.3 Å². The summed E-state index contributed by atoms with van der Waals surface area (Å²) in [6.45, 7) is 5.39. The van der Waals surface area contributed by atoms with Gasteiger partial charge in [-0.1, -0.05) is 6.92 Å². The topological polar surface area (TPSA) is 105 Å². The molecule has 0 aliphatic carbocycles. The summed E-state index contributed by atoms with van der Waals surface area (Å²) in [5.74, 6) is -0.133. The fraction of sp³-hybridized carbons (Fsp3) is 0.455. The van der Waals surface area contributed by atoms with E-state index in [1.54, 1.807) is 12.1 Å². The fourth-order valence-corrected chi connectivity index (χ4v) is 6.38. The van der Waals surface area contributed by atoms with Gasteiger partial charge in [-0.15, -0.1) is 11.3 Å². The Labute approximate surface area is 198 Å². The molecule has 0 unspecified atom stereocenters. The van der Waals surface area contributed by atoms with Crippen molar-refractivity contribution in [3.8, 4) is 5.75 Å². The van der Waals surface area contributed by atoms with Crippen molar-refractivity contribution in [2.24, 2.45) is 0 Å². The second kappa shape index (κ2) is 10.6. The summed E-state index contributed by atoms with van der Waals surface area (Å²) in [6.07, 6.45) is 0.660. The van der Waals surface area contributed by atoms with Crippen LogP contribution in [0.15, 0.2) is 29.2 Å². The molecular formula is C22H29N3O6S2. The quantitative estimate of drug-likeness (QED) is 0.561. The van der Waals surface area contributed by atoms with Crippen LogP contribution in [0.3, 0.4) is 0 Å². The summed E-state index contributed by atoms with van der Waals surface area (Å²) in [6, 6.07) is 6.29. The number of hydrogen-bond acceptors (Lipinski definition) is 8. The molecule has 2 aromatic rings. The number of carbonyl (C=O) groups is 2. The third kappa shape index (κ3) is 5.55. The average Bonchev–Trinajstić information content (AvgIpc) is 3.13. The molecule has 1 aliphatic rings. The Morgan fingerprint density at radius 3 is 2.27 bits per heavy atom. The molecule has 9 nitrogen and oxygen atoms in total. The molecule has 1 aromatic carbocycles. The molecule has 0 radical (unpaired) electrons. The molecule has 1 fully saturated rings. The van der Waals surface area contributed by atoms with Gasteiger partial charge in [0.1, 0.15) is 10.8 Å². The van der Waals surface area contributed by atoms with Gasteiger partial charge in [-0.25, -0.2) is 13.2 Å². The van der Waals surface area contributed by atoms with Crippen molar-refractivity contribution in [1.82, 2.24) is 9.21 Å². The second-order valence-electron chi connectivity index (χ2n) is 7.59. The lowest BCUT2D eigenvalue weighted by Gasteiger charge is -2.33. The Morgan fingerprint density at radius 1 is 1.09 bits per heavy atom. The monoisotopic (exact) mass is 495 g/mol. The van der Waals surface area contributed by atoms with Crippen molar-refractivity contribution in [1.29, 1.82) is 0 Å². The molecule has 11 heteroatoms. The average molecular weight is 496 g/mol. The first-order valence-corrected chi connectivity index (χ1v) is 12.8. The maximum atomic E-state index is 12.9. The summed E-state index contributed by atoms with van der Waals surface area (Å²) >= 11 is 1.36. The molecule has 3 rings (SSSR count). The van der Waals surface area contributed by atoms with E-state index < -0.39 is 16.0 Å². The number of thiophene rings is 1. The van der Waals surface area contributed by atoms with Crippen molar-refractivity contribution < 1.29 is 27.5 Å². The largest absolute Gasteiger partial charge is 0.497 e. The number of benzene rings is 1. The Morgan fingerprint density at radius 2 is 1.73 bits per heavy atom. The lowest BCUT2D eigenvalue weighted by atomic mass is 10.1. The minimum atomic E-state index is -3.61. The van der Waals surface area contributed by atoms with Gasteiger partial charge >= 0.3 is 5.97 Å². The van der Waals surface area contributed by atoms with E-state index in [4.69, 9.17) is 9.47 Å². The summed E-state index contributed by atoms with van der Waals surface area (Å²) in [4.78, 5) is 28.0. The van der Waals surface area contributed by atoms with Crippen molar-refractivity contribution >= 4 is 38.2 Å². The van der Waals surface area contributed by atoms with E-state index in [2.05, 4.69) is 5.32 Å². The number of piperazine rings is 1. The summed E-state index contributed by atoms with van der Waals surface area (Å²) < 4.78 is 37.2. The Hall–Kier alpha value is -2.47. The van der Waals surface area contributed by atoms with Crippen LogP contribution in [-0.4, -0.2) is 76.4 Å². The summed E-state index contributed by atoms with van der Waals surface area (Å²) in [7, 11) is -0.765. The van der Waals surface area contributed by atoms with Crippen LogP contribution >= 0.6 is 11.3 Å². The zero-order chi connectivity index (χ0) is 24.2. The number of rotatable bonds is 8. The maximum absolute atomic E-state index is 12.9. The molecule has 1 N–H and O–H groups in total. The predicted molar refractivity (Wildman–Crippen MR) is 127 cm³/mol. The number of ether oxygens (including phenoxy) is 2. The van der Waals surface area contributed by atoms with Crippen molar-refractivity contribution in [3.63, 3.8) is 0 Å². The molecule has 0 bridgehead atoms. The van der Waals surface area contributed by atoms with Gasteiger partial charge in [-0.05, 0) is 43.2 Å². The van der Waals surface area contributed by atoms with Gasteiger partial charge in [-0.3, -0.25) is 9.69 Å². The minimum absolute atomic E-state index is 0.107. The highest BCUT2D eigenvalue weighted by Crippen LogP contribution is 2.34. The van der Waals surface area contributed by atoms with Crippen molar-refractivity contribution in [3.05, 3.63) is 40.3 Å². The van der Waals surface area contributed by atoms with Crippen LogP contribution < -0.4 is 10.1 Å². The minimum Gasteiger partial charge on any atom is -0.497 e. The number of nitrogens with one attached hydrogen (secondary N) is 1. The van der Waals surface area contributed by atoms with Gasteiger partial charge in [0.2, 0.25) is 15.9 Å². The van der Waals surface area contributed by atoms with E-state index in [9.17, 15) is 18.0 Å². The Bertz CT molecular complexity index is 1100. The first-order chi connectivity index (χ1) is 15.7. The number of hydrogen-bond donors (Lipinski definition) is 1. The lowest BCUT2D eigenvalue weighted by Crippen LogP contribution is -2.50. The van der Waals surface area contributed by atoms with Crippen LogP contribution in [0, 0.1) is 6.92 Å². The highest BCUT2D eigenvalue weighted by molar-refractivity contribution is 7.89. The predicted octanol–water partition coefficient (Wildman–Crippen LogP) is 2.36. The van der Waals surface area contributed by atoms with E-state index in [1.165, 1.54) is 42.0 Å². The standard InChI is InChI=1S/C22H29N3O6S2/c1-5-18-15(2)32-21(20(18)22(27)31-4)23-19(26)14-24-10-12-25(13-11-24)33(28,29)17-8-6-16(30-3)7-9-17/h6-9H,5,10-14H2,1-4H3,(H,23,26). The van der Waals surface area contributed by atoms with Gasteiger partial charge in [0.25, 0.3) is 0 Å². The molecule has 33 heavy (non-hydrogen) atoms. The SMILES string of the molecule is CCc1c(C)sc(NC(=O)CN2CCN(S(=O)(=O)c3ccc(OC)cc3)CC2)c1C(=O)OC. The summed E-state index contributed by atoms with van der Waals surface area (Å²) in [5.41, 5.74) is 1.28. The maximum Gasteiger partial charge on any atom is 0.341 e. The van der Waals surface area contributed by atoms with Gasteiger partial charge < -0.3 is 14.8 Å². The molecule has 2 heterocycles. The summed E-state index contributed by atoms with van der Waals surface area (Å²) in [5, 5.41) is 3.33. The lowest BCUT2D eigenvalue weighted by molar-refractivity contribution is -0.117. The number of sulfonamides is 1. The van der Waals surface area contributed by atoms with Crippen LogP contribution in [0.5, 0.6) is 5.75 Å². The van der Waals surface area contributed by atoms with Crippen LogP contribution in [-0.2, 0) is 26.0 Å². The molecule has 0 atom stereocenters. The van der Waals surface area contributed by atoms with E-state index in [-0.39, 0.29) is 30.4 Å². The van der Waals surface area contributed by atoms with Gasteiger partial charge in [-0.2, -0.15) is 4.31 Å². The molecule has 1 aromatic heterocycles. The van der Waals surface area contributed by atoms with Crippen LogP contribution in [0.4, 0.5) is 5.00 Å². The molecule has 180 valence electrons. The first kappa shape index (κ1) is 25.2. The first-order valence-electron chi connectivity index (χ1n) is 10.6. The van der Waals surface area contributed by atoms with Gasteiger partial charge in [0.05, 0.1) is 31.2 Å². The van der Waals surface area contributed by atoms with Crippen LogP contribution in [0.25, 0.3) is 0 Å². The number of amides is 1. The van der Waals surface area contributed by atoms with Crippen LogP contribution in [0.1, 0.15) is 27.7 Å². The van der Waals surface area contributed by atoms with Crippen LogP contribution in [0.2, 0.25) is 0 Å². The van der Waals surface area contributed by atoms with E-state index >= 15 is 0 Å². The van der Waals surface area contributed by atoms with E-state index in [0.717, 1.165) is 10.4 Å². The number of anilines is 1. The number of esters is 1. The zero-order valence-electron chi connectivity index (χ0n) is 19.2. The third-order valence-corrected chi connectivity index (χ3v) is 8.58. The molecule has 0 saturated carbocycles. The Balaban J connectivity index is 1.60. The Kier molecular flexibility index (Phi) is 8.11. The van der Waals surface area contributed by atoms with Gasteiger partial charge in [0.15, 0.2) is 0 Å². The number of nitrogens with zero attached hydrogens (tertiary/aromatic N) is 2. The number of aryl methyl sites for hydroxylation is 1. The normalized spacial score (nSPS) is 15.3. The number of carbonyl (C=O) groups excluding carboxylic acids is 2. The fourth-order valence-electron chi connectivity index (χ4n) is 3.80. The van der Waals surface area contributed by atoms with E-state index in [0.29, 0.717) is 35.8 Å². The number of methoxy groups -OCH3 is 2.